The number of benzene rings is 2. The summed E-state index contributed by atoms with van der Waals surface area (Å²) in [5.41, 5.74) is 3.76. The van der Waals surface area contributed by atoms with Gasteiger partial charge in [0.1, 0.15) is 7.11 Å². The zero-order valence-electron chi connectivity index (χ0n) is 18.0. The lowest BCUT2D eigenvalue weighted by molar-refractivity contribution is -0.121. The van der Waals surface area contributed by atoms with Crippen LogP contribution in [-0.4, -0.2) is 41.1 Å². The maximum Gasteiger partial charge on any atom is 0.257 e. The Balaban J connectivity index is 1.69. The SMILES string of the molecule is CCC(CN1C(=O)C(C)(C)c2cc3nc(NC(=O)c4ccccc4)[nH]c3cc21)=NOC. The van der Waals surface area contributed by atoms with E-state index >= 15 is 0 Å². The van der Waals surface area contributed by atoms with Gasteiger partial charge in [-0.15, -0.1) is 0 Å². The minimum Gasteiger partial charge on any atom is -0.399 e. The Morgan fingerprint density at radius 2 is 2.00 bits per heavy atom. The first-order valence-electron chi connectivity index (χ1n) is 10.2. The molecular weight excluding hydrogens is 394 g/mol. The second-order valence-electron chi connectivity index (χ2n) is 8.00. The molecule has 1 aromatic heterocycles. The molecule has 0 fully saturated rings. The highest BCUT2D eigenvalue weighted by atomic mass is 16.6. The highest BCUT2D eigenvalue weighted by Crippen LogP contribution is 2.43. The molecule has 1 aliphatic heterocycles. The molecule has 2 N–H and O–H groups in total. The lowest BCUT2D eigenvalue weighted by Crippen LogP contribution is -2.39. The number of fused-ring (bicyclic) bond motifs is 2. The maximum atomic E-state index is 13.2. The average molecular weight is 419 g/mol. The zero-order valence-corrected chi connectivity index (χ0v) is 18.0. The molecule has 2 amide bonds. The third-order valence-corrected chi connectivity index (χ3v) is 5.58. The largest absolute Gasteiger partial charge is 0.399 e. The predicted molar refractivity (Wildman–Crippen MR) is 121 cm³/mol. The molecule has 0 aliphatic carbocycles. The molecule has 2 aromatic carbocycles. The number of nitrogens with zero attached hydrogens (tertiary/aromatic N) is 3. The van der Waals surface area contributed by atoms with Crippen LogP contribution in [0.3, 0.4) is 0 Å². The van der Waals surface area contributed by atoms with Crippen molar-refractivity contribution < 1.29 is 14.4 Å². The summed E-state index contributed by atoms with van der Waals surface area (Å²) in [5, 5.41) is 6.84. The van der Waals surface area contributed by atoms with Crippen molar-refractivity contribution in [2.75, 3.05) is 23.9 Å². The number of imidazole rings is 1. The third-order valence-electron chi connectivity index (χ3n) is 5.58. The molecule has 4 rings (SSSR count). The summed E-state index contributed by atoms with van der Waals surface area (Å²) in [6, 6.07) is 12.8. The van der Waals surface area contributed by atoms with Crippen LogP contribution in [0.25, 0.3) is 11.0 Å². The number of H-pyrrole nitrogens is 1. The molecule has 0 saturated carbocycles. The van der Waals surface area contributed by atoms with Crippen molar-refractivity contribution in [2.24, 2.45) is 5.16 Å². The van der Waals surface area contributed by atoms with E-state index in [1.54, 1.807) is 17.0 Å². The molecule has 0 spiro atoms. The van der Waals surface area contributed by atoms with Gasteiger partial charge in [-0.25, -0.2) is 4.98 Å². The van der Waals surface area contributed by atoms with E-state index < -0.39 is 5.41 Å². The minimum atomic E-state index is -0.693. The second-order valence-corrected chi connectivity index (χ2v) is 8.00. The number of hydrogen-bond donors (Lipinski definition) is 2. The van der Waals surface area contributed by atoms with Crippen molar-refractivity contribution in [3.05, 3.63) is 53.6 Å². The molecule has 8 nitrogen and oxygen atoms in total. The molecular formula is C23H25N5O3. The molecule has 8 heteroatoms. The zero-order chi connectivity index (χ0) is 22.2. The molecule has 31 heavy (non-hydrogen) atoms. The first-order chi connectivity index (χ1) is 14.8. The van der Waals surface area contributed by atoms with Gasteiger partial charge in [-0.1, -0.05) is 30.3 Å². The van der Waals surface area contributed by atoms with Crippen molar-refractivity contribution in [3.63, 3.8) is 0 Å². The van der Waals surface area contributed by atoms with Crippen LogP contribution in [0.15, 0.2) is 47.6 Å². The van der Waals surface area contributed by atoms with Crippen LogP contribution >= 0.6 is 0 Å². The topological polar surface area (TPSA) is 99.7 Å². The van der Waals surface area contributed by atoms with Crippen LogP contribution in [0.2, 0.25) is 0 Å². The predicted octanol–water partition coefficient (Wildman–Crippen LogP) is 3.85. The molecule has 0 atom stereocenters. The summed E-state index contributed by atoms with van der Waals surface area (Å²) in [6.45, 7) is 6.15. The van der Waals surface area contributed by atoms with E-state index in [0.29, 0.717) is 30.0 Å². The molecule has 160 valence electrons. The van der Waals surface area contributed by atoms with E-state index in [1.807, 2.05) is 51.1 Å². The van der Waals surface area contributed by atoms with Gasteiger partial charge in [0.05, 0.1) is 34.4 Å². The molecule has 0 saturated heterocycles. The molecule has 0 radical (unpaired) electrons. The number of aromatic nitrogens is 2. The first-order valence-corrected chi connectivity index (χ1v) is 10.2. The van der Waals surface area contributed by atoms with E-state index in [4.69, 9.17) is 4.84 Å². The van der Waals surface area contributed by atoms with Crippen molar-refractivity contribution >= 4 is 40.2 Å². The number of rotatable bonds is 6. The van der Waals surface area contributed by atoms with Gasteiger partial charge < -0.3 is 14.7 Å². The fraction of sp³-hybridized carbons (Fsp3) is 0.304. The number of amides is 2. The van der Waals surface area contributed by atoms with Crippen LogP contribution in [-0.2, 0) is 15.0 Å². The van der Waals surface area contributed by atoms with Crippen molar-refractivity contribution in [2.45, 2.75) is 32.6 Å². The van der Waals surface area contributed by atoms with Gasteiger partial charge in [0.15, 0.2) is 0 Å². The molecule has 0 unspecified atom stereocenters. The fourth-order valence-electron chi connectivity index (χ4n) is 3.83. The molecule has 1 aliphatic rings. The van der Waals surface area contributed by atoms with Crippen molar-refractivity contribution in [1.29, 1.82) is 0 Å². The normalized spacial score (nSPS) is 15.3. The number of hydrogen-bond acceptors (Lipinski definition) is 5. The average Bonchev–Trinajstić information content (AvgIpc) is 3.23. The lowest BCUT2D eigenvalue weighted by Gasteiger charge is -2.20. The van der Waals surface area contributed by atoms with Crippen molar-refractivity contribution in [1.82, 2.24) is 9.97 Å². The summed E-state index contributed by atoms with van der Waals surface area (Å²) in [4.78, 5) is 39.9. The number of aromatic amines is 1. The summed E-state index contributed by atoms with van der Waals surface area (Å²) in [6.07, 6.45) is 0.676. The number of carbonyl (C=O) groups is 2. The van der Waals surface area contributed by atoms with Gasteiger partial charge in [-0.2, -0.15) is 0 Å². The fourth-order valence-corrected chi connectivity index (χ4v) is 3.83. The third kappa shape index (κ3) is 3.65. The van der Waals surface area contributed by atoms with E-state index in [9.17, 15) is 9.59 Å². The Labute approximate surface area is 180 Å². The van der Waals surface area contributed by atoms with Crippen LogP contribution in [0.5, 0.6) is 0 Å². The second kappa shape index (κ2) is 7.86. The number of anilines is 2. The first kappa shape index (κ1) is 20.6. The number of carbonyl (C=O) groups excluding carboxylic acids is 2. The van der Waals surface area contributed by atoms with E-state index in [0.717, 1.165) is 22.5 Å². The lowest BCUT2D eigenvalue weighted by atomic mass is 9.86. The van der Waals surface area contributed by atoms with Gasteiger partial charge in [-0.05, 0) is 50.1 Å². The maximum absolute atomic E-state index is 13.2. The summed E-state index contributed by atoms with van der Waals surface area (Å²) >= 11 is 0. The Morgan fingerprint density at radius 1 is 1.26 bits per heavy atom. The van der Waals surface area contributed by atoms with Gasteiger partial charge in [0, 0.05) is 5.56 Å². The highest BCUT2D eigenvalue weighted by molar-refractivity contribution is 6.12. The van der Waals surface area contributed by atoms with Crippen LogP contribution in [0.4, 0.5) is 11.6 Å². The Hall–Kier alpha value is -3.68. The Morgan fingerprint density at radius 3 is 2.68 bits per heavy atom. The monoisotopic (exact) mass is 419 g/mol. The minimum absolute atomic E-state index is 0.00464. The number of nitrogens with one attached hydrogen (secondary N) is 2. The van der Waals surface area contributed by atoms with Gasteiger partial charge in [-0.3, -0.25) is 14.9 Å². The summed E-state index contributed by atoms with van der Waals surface area (Å²) in [5.74, 6) is 0.121. The van der Waals surface area contributed by atoms with Crippen LogP contribution < -0.4 is 10.2 Å². The van der Waals surface area contributed by atoms with Crippen LogP contribution in [0, 0.1) is 0 Å². The molecule has 0 bridgehead atoms. The smallest absolute Gasteiger partial charge is 0.257 e. The Kier molecular flexibility index (Phi) is 5.22. The summed E-state index contributed by atoms with van der Waals surface area (Å²) < 4.78 is 0. The highest BCUT2D eigenvalue weighted by Gasteiger charge is 2.44. The van der Waals surface area contributed by atoms with Gasteiger partial charge in [0.25, 0.3) is 5.91 Å². The molecule has 2 heterocycles. The van der Waals surface area contributed by atoms with E-state index in [1.165, 1.54) is 7.11 Å². The molecule has 3 aromatic rings. The number of oxime groups is 1. The van der Waals surface area contributed by atoms with Gasteiger partial charge >= 0.3 is 0 Å². The standard InChI is InChI=1S/C23H25N5O3/c1-5-15(27-31-4)13-28-19-12-18-17(11-16(19)23(2,3)21(28)30)24-22(25-18)26-20(29)14-9-7-6-8-10-14/h6-12H,5,13H2,1-4H3,(H2,24,25,26,29). The van der Waals surface area contributed by atoms with E-state index in [2.05, 4.69) is 20.4 Å². The quantitative estimate of drug-likeness (QED) is 0.468. The van der Waals surface area contributed by atoms with Crippen molar-refractivity contribution in [3.8, 4) is 0 Å². The Bertz CT molecular complexity index is 1180. The summed E-state index contributed by atoms with van der Waals surface area (Å²) in [7, 11) is 1.50. The van der Waals surface area contributed by atoms with Gasteiger partial charge in [0.2, 0.25) is 11.9 Å². The van der Waals surface area contributed by atoms with Crippen LogP contribution in [0.1, 0.15) is 43.1 Å². The van der Waals surface area contributed by atoms with E-state index in [-0.39, 0.29) is 11.8 Å².